The highest BCUT2D eigenvalue weighted by Gasteiger charge is 2.34. The molecule has 3 aromatic rings. The molecule has 1 aliphatic rings. The number of thiazole rings is 1. The molecule has 1 saturated heterocycles. The van der Waals surface area contributed by atoms with Crippen LogP contribution < -0.4 is 19.1 Å². The fourth-order valence-corrected chi connectivity index (χ4v) is 6.63. The minimum absolute atomic E-state index is 0.216. The van der Waals surface area contributed by atoms with E-state index in [1.54, 1.807) is 36.6 Å². The third-order valence-corrected chi connectivity index (χ3v) is 8.89. The maximum absolute atomic E-state index is 13.3. The van der Waals surface area contributed by atoms with E-state index in [0.717, 1.165) is 22.1 Å². The highest BCUT2D eigenvalue weighted by Crippen LogP contribution is 2.35. The van der Waals surface area contributed by atoms with Crippen LogP contribution in [0.4, 0.5) is 5.13 Å². The largest absolute Gasteiger partial charge is 0.497 e. The molecule has 0 bridgehead atoms. The second-order valence-corrected chi connectivity index (χ2v) is 10.5. The molecule has 170 valence electrons. The Morgan fingerprint density at radius 2 is 1.69 bits per heavy atom. The van der Waals surface area contributed by atoms with Crippen molar-refractivity contribution in [1.82, 2.24) is 4.98 Å². The van der Waals surface area contributed by atoms with E-state index >= 15 is 0 Å². The molecule has 0 unspecified atom stereocenters. The van der Waals surface area contributed by atoms with Gasteiger partial charge in [0.15, 0.2) is 15.0 Å². The van der Waals surface area contributed by atoms with Gasteiger partial charge in [-0.05, 0) is 37.1 Å². The summed E-state index contributed by atoms with van der Waals surface area (Å²) in [4.78, 5) is 7.15. The van der Waals surface area contributed by atoms with E-state index in [9.17, 15) is 8.42 Å². The maximum Gasteiger partial charge on any atom is 0.185 e. The molecule has 2 heterocycles. The Bertz CT molecular complexity index is 1180. The number of rotatable bonds is 7. The molecule has 1 aromatic heterocycles. The van der Waals surface area contributed by atoms with Gasteiger partial charge in [0.05, 0.1) is 32.3 Å². The third kappa shape index (κ3) is 4.40. The topological polar surface area (TPSA) is 78.0 Å². The number of aromatic nitrogens is 1. The molecule has 2 aromatic carbocycles. The van der Waals surface area contributed by atoms with Crippen molar-refractivity contribution in [1.29, 1.82) is 0 Å². The number of piperidine rings is 1. The van der Waals surface area contributed by atoms with Gasteiger partial charge in [0, 0.05) is 30.1 Å². The number of ether oxygens (including phenoxy) is 3. The normalized spacial score (nSPS) is 14.9. The van der Waals surface area contributed by atoms with Crippen molar-refractivity contribution >= 4 is 26.3 Å². The van der Waals surface area contributed by atoms with Crippen LogP contribution in [-0.4, -0.2) is 53.1 Å². The van der Waals surface area contributed by atoms with Crippen LogP contribution in [0.1, 0.15) is 12.8 Å². The van der Waals surface area contributed by atoms with Gasteiger partial charge in [-0.15, -0.1) is 11.3 Å². The Kier molecular flexibility index (Phi) is 6.57. The molecule has 1 fully saturated rings. The minimum atomic E-state index is -3.52. The van der Waals surface area contributed by atoms with Crippen LogP contribution >= 0.6 is 11.3 Å². The van der Waals surface area contributed by atoms with Crippen LogP contribution in [-0.2, 0) is 9.84 Å². The fraction of sp³-hybridized carbons (Fsp3) is 0.348. The van der Waals surface area contributed by atoms with E-state index in [-0.39, 0.29) is 4.90 Å². The van der Waals surface area contributed by atoms with Gasteiger partial charge in [0.25, 0.3) is 0 Å². The summed E-state index contributed by atoms with van der Waals surface area (Å²) in [7, 11) is 1.13. The molecule has 4 rings (SSSR count). The average Bonchev–Trinajstić information content (AvgIpc) is 3.34. The van der Waals surface area contributed by atoms with Gasteiger partial charge in [-0.25, -0.2) is 13.4 Å². The summed E-state index contributed by atoms with van der Waals surface area (Å²) in [5.41, 5.74) is 1.89. The lowest BCUT2D eigenvalue weighted by molar-refractivity contribution is 0.385. The van der Waals surface area contributed by atoms with Gasteiger partial charge >= 0.3 is 0 Å². The maximum atomic E-state index is 13.3. The van der Waals surface area contributed by atoms with Gasteiger partial charge in [-0.2, -0.15) is 0 Å². The van der Waals surface area contributed by atoms with Crippen LogP contribution in [0, 0.1) is 0 Å². The average molecular weight is 475 g/mol. The number of methoxy groups -OCH3 is 3. The SMILES string of the molecule is COc1cccc(-c2csc(N3CCC(S(=O)(=O)c4ccc(OC)cc4OC)CC3)n2)c1. The lowest BCUT2D eigenvalue weighted by Crippen LogP contribution is -2.39. The molecule has 7 nitrogen and oxygen atoms in total. The summed E-state index contributed by atoms with van der Waals surface area (Å²) in [6, 6.07) is 12.6. The summed E-state index contributed by atoms with van der Waals surface area (Å²) in [6.07, 6.45) is 1.07. The zero-order valence-corrected chi connectivity index (χ0v) is 19.9. The van der Waals surface area contributed by atoms with E-state index in [1.165, 1.54) is 14.2 Å². The lowest BCUT2D eigenvalue weighted by Gasteiger charge is -2.31. The molecule has 0 saturated carbocycles. The Hall–Kier alpha value is -2.78. The van der Waals surface area contributed by atoms with Crippen molar-refractivity contribution < 1.29 is 22.6 Å². The predicted molar refractivity (Wildman–Crippen MR) is 126 cm³/mol. The molecule has 0 aliphatic carbocycles. The second-order valence-electron chi connectivity index (χ2n) is 7.50. The fourth-order valence-electron chi connectivity index (χ4n) is 3.87. The van der Waals surface area contributed by atoms with Crippen LogP contribution in [0.2, 0.25) is 0 Å². The Balaban J connectivity index is 1.47. The van der Waals surface area contributed by atoms with Crippen molar-refractivity contribution in [2.45, 2.75) is 23.0 Å². The molecule has 1 aliphatic heterocycles. The van der Waals surface area contributed by atoms with E-state index in [0.29, 0.717) is 37.4 Å². The summed E-state index contributed by atoms with van der Waals surface area (Å²) < 4.78 is 42.4. The smallest absolute Gasteiger partial charge is 0.185 e. The number of anilines is 1. The predicted octanol–water partition coefficient (Wildman–Crippen LogP) is 4.28. The molecule has 0 atom stereocenters. The summed E-state index contributed by atoms with van der Waals surface area (Å²) in [5.74, 6) is 1.66. The second kappa shape index (κ2) is 9.38. The highest BCUT2D eigenvalue weighted by molar-refractivity contribution is 7.92. The van der Waals surface area contributed by atoms with Gasteiger partial charge in [0.2, 0.25) is 0 Å². The number of nitrogens with zero attached hydrogens (tertiary/aromatic N) is 2. The Labute approximate surface area is 192 Å². The van der Waals surface area contributed by atoms with Crippen LogP contribution in [0.3, 0.4) is 0 Å². The minimum Gasteiger partial charge on any atom is -0.497 e. The number of hydrogen-bond donors (Lipinski definition) is 0. The van der Waals surface area contributed by atoms with Gasteiger partial charge in [-0.1, -0.05) is 12.1 Å². The zero-order chi connectivity index (χ0) is 22.7. The first-order valence-corrected chi connectivity index (χ1v) is 12.7. The molecule has 0 radical (unpaired) electrons. The van der Waals surface area contributed by atoms with Gasteiger partial charge < -0.3 is 19.1 Å². The van der Waals surface area contributed by atoms with Crippen molar-refractivity contribution in [2.75, 3.05) is 39.3 Å². The van der Waals surface area contributed by atoms with Gasteiger partial charge in [0.1, 0.15) is 22.1 Å². The number of sulfone groups is 1. The van der Waals surface area contributed by atoms with Crippen molar-refractivity contribution in [3.63, 3.8) is 0 Å². The standard InChI is InChI=1S/C23H26N2O5S2/c1-28-17-6-4-5-16(13-17)20-15-31-23(24-20)25-11-9-19(10-12-25)32(26,27)22-8-7-18(29-2)14-21(22)30-3/h4-8,13-15,19H,9-12H2,1-3H3. The number of benzene rings is 2. The molecule has 9 heteroatoms. The zero-order valence-electron chi connectivity index (χ0n) is 18.3. The first-order chi connectivity index (χ1) is 15.5. The first-order valence-electron chi connectivity index (χ1n) is 10.3. The van der Waals surface area contributed by atoms with Crippen LogP contribution in [0.15, 0.2) is 52.7 Å². The van der Waals surface area contributed by atoms with E-state index < -0.39 is 15.1 Å². The number of hydrogen-bond acceptors (Lipinski definition) is 8. The summed E-state index contributed by atoms with van der Waals surface area (Å²) in [5, 5.41) is 2.47. The monoisotopic (exact) mass is 474 g/mol. The quantitative estimate of drug-likeness (QED) is 0.506. The lowest BCUT2D eigenvalue weighted by atomic mass is 10.1. The Morgan fingerprint density at radius 3 is 2.38 bits per heavy atom. The molecule has 0 spiro atoms. The van der Waals surface area contributed by atoms with Gasteiger partial charge in [-0.3, -0.25) is 0 Å². The van der Waals surface area contributed by atoms with Crippen molar-refractivity contribution in [3.8, 4) is 28.5 Å². The molecule has 32 heavy (non-hydrogen) atoms. The van der Waals surface area contributed by atoms with E-state index in [2.05, 4.69) is 4.90 Å². The third-order valence-electron chi connectivity index (χ3n) is 5.69. The first kappa shape index (κ1) is 22.4. The van der Waals surface area contributed by atoms with E-state index in [4.69, 9.17) is 19.2 Å². The Morgan fingerprint density at radius 1 is 0.969 bits per heavy atom. The van der Waals surface area contributed by atoms with Crippen molar-refractivity contribution in [3.05, 3.63) is 47.8 Å². The van der Waals surface area contributed by atoms with E-state index in [1.807, 2.05) is 29.6 Å². The molecule has 0 N–H and O–H groups in total. The van der Waals surface area contributed by atoms with Crippen LogP contribution in [0.25, 0.3) is 11.3 Å². The highest BCUT2D eigenvalue weighted by atomic mass is 32.2. The molecule has 0 amide bonds. The summed E-state index contributed by atoms with van der Waals surface area (Å²) in [6.45, 7) is 1.26. The molecular formula is C23H26N2O5S2. The molecular weight excluding hydrogens is 448 g/mol. The van der Waals surface area contributed by atoms with Crippen LogP contribution in [0.5, 0.6) is 17.2 Å². The summed E-state index contributed by atoms with van der Waals surface area (Å²) >= 11 is 1.57. The van der Waals surface area contributed by atoms with Crippen molar-refractivity contribution in [2.24, 2.45) is 0 Å².